The SMILES string of the molecule is O=C(NC1CC2(CCCC2)Oc2ccccc21)c1n[nH]c(=O)c2ccccc12. The molecule has 1 unspecified atom stereocenters. The molecule has 3 aromatic rings. The molecule has 1 aromatic heterocycles. The average Bonchev–Trinajstić information content (AvgIpc) is 3.15. The van der Waals surface area contributed by atoms with E-state index in [1.54, 1.807) is 24.3 Å². The number of amides is 1. The molecule has 2 N–H and O–H groups in total. The summed E-state index contributed by atoms with van der Waals surface area (Å²) in [6, 6.07) is 14.8. The molecule has 0 saturated heterocycles. The van der Waals surface area contributed by atoms with Crippen molar-refractivity contribution < 1.29 is 9.53 Å². The fourth-order valence-corrected chi connectivity index (χ4v) is 4.59. The Morgan fingerprint density at radius 3 is 2.61 bits per heavy atom. The molecule has 1 amide bonds. The monoisotopic (exact) mass is 375 g/mol. The topological polar surface area (TPSA) is 84.1 Å². The minimum atomic E-state index is -0.298. The number of hydrogen-bond donors (Lipinski definition) is 2. The predicted octanol–water partition coefficient (Wildman–Crippen LogP) is 3.49. The zero-order valence-electron chi connectivity index (χ0n) is 15.4. The first-order valence-corrected chi connectivity index (χ1v) is 9.71. The number of nitrogens with zero attached hydrogens (tertiary/aromatic N) is 1. The Morgan fingerprint density at radius 1 is 1.07 bits per heavy atom. The van der Waals surface area contributed by atoms with E-state index in [1.807, 2.05) is 24.3 Å². The number of hydrogen-bond acceptors (Lipinski definition) is 4. The summed E-state index contributed by atoms with van der Waals surface area (Å²) in [4.78, 5) is 25.1. The van der Waals surface area contributed by atoms with Crippen molar-refractivity contribution in [2.75, 3.05) is 0 Å². The van der Waals surface area contributed by atoms with Crippen LogP contribution in [0.25, 0.3) is 10.8 Å². The molecule has 142 valence electrons. The van der Waals surface area contributed by atoms with Gasteiger partial charge in [-0.2, -0.15) is 5.10 Å². The normalized spacial score (nSPS) is 19.9. The molecule has 1 aliphatic carbocycles. The lowest BCUT2D eigenvalue weighted by molar-refractivity contribution is 0.0360. The number of H-pyrrole nitrogens is 1. The van der Waals surface area contributed by atoms with Gasteiger partial charge in [0.25, 0.3) is 11.5 Å². The molecule has 2 aromatic carbocycles. The Bertz CT molecular complexity index is 1120. The van der Waals surface area contributed by atoms with E-state index in [4.69, 9.17) is 4.74 Å². The molecule has 5 rings (SSSR count). The number of nitrogens with one attached hydrogen (secondary N) is 2. The van der Waals surface area contributed by atoms with Crippen molar-refractivity contribution in [1.29, 1.82) is 0 Å². The lowest BCUT2D eigenvalue weighted by Gasteiger charge is -2.40. The van der Waals surface area contributed by atoms with Crippen LogP contribution >= 0.6 is 0 Å². The number of aromatic nitrogens is 2. The van der Waals surface area contributed by atoms with E-state index in [0.29, 0.717) is 10.8 Å². The Balaban J connectivity index is 1.51. The van der Waals surface area contributed by atoms with E-state index in [9.17, 15) is 9.59 Å². The van der Waals surface area contributed by atoms with E-state index in [2.05, 4.69) is 15.5 Å². The lowest BCUT2D eigenvalue weighted by atomic mass is 9.86. The predicted molar refractivity (Wildman–Crippen MR) is 105 cm³/mol. The van der Waals surface area contributed by atoms with Gasteiger partial charge in [0.1, 0.15) is 11.4 Å². The third-order valence-corrected chi connectivity index (χ3v) is 5.93. The van der Waals surface area contributed by atoms with Gasteiger partial charge in [0.15, 0.2) is 5.69 Å². The van der Waals surface area contributed by atoms with E-state index in [-0.39, 0.29) is 28.8 Å². The Morgan fingerprint density at radius 2 is 1.79 bits per heavy atom. The van der Waals surface area contributed by atoms with E-state index >= 15 is 0 Å². The van der Waals surface area contributed by atoms with Crippen LogP contribution in [0.4, 0.5) is 0 Å². The smallest absolute Gasteiger partial charge is 0.272 e. The number of benzene rings is 2. The first-order valence-electron chi connectivity index (χ1n) is 9.71. The fraction of sp³-hybridized carbons (Fsp3) is 0.318. The number of carbonyl (C=O) groups excluding carboxylic acids is 1. The van der Waals surface area contributed by atoms with Crippen LogP contribution in [0.3, 0.4) is 0 Å². The maximum absolute atomic E-state index is 13.1. The Kier molecular flexibility index (Phi) is 3.93. The third-order valence-electron chi connectivity index (χ3n) is 5.93. The maximum atomic E-state index is 13.1. The molecular formula is C22H21N3O3. The summed E-state index contributed by atoms with van der Waals surface area (Å²) in [6.45, 7) is 0. The fourth-order valence-electron chi connectivity index (χ4n) is 4.59. The summed E-state index contributed by atoms with van der Waals surface area (Å²) in [5, 5.41) is 10.6. The highest BCUT2D eigenvalue weighted by atomic mass is 16.5. The molecule has 1 saturated carbocycles. The number of fused-ring (bicyclic) bond motifs is 2. The highest BCUT2D eigenvalue weighted by Gasteiger charge is 2.43. The second-order valence-corrected chi connectivity index (χ2v) is 7.71. The second-order valence-electron chi connectivity index (χ2n) is 7.71. The van der Waals surface area contributed by atoms with Crippen molar-refractivity contribution >= 4 is 16.7 Å². The molecule has 1 aliphatic heterocycles. The van der Waals surface area contributed by atoms with Crippen molar-refractivity contribution in [3.05, 3.63) is 70.1 Å². The largest absolute Gasteiger partial charge is 0.487 e. The van der Waals surface area contributed by atoms with Crippen molar-refractivity contribution in [2.24, 2.45) is 0 Å². The number of rotatable bonds is 2. The third kappa shape index (κ3) is 2.76. The van der Waals surface area contributed by atoms with Crippen molar-refractivity contribution in [3.8, 4) is 5.75 Å². The van der Waals surface area contributed by atoms with E-state index < -0.39 is 0 Å². The highest BCUT2D eigenvalue weighted by Crippen LogP contribution is 2.47. The van der Waals surface area contributed by atoms with Crippen LogP contribution in [0.2, 0.25) is 0 Å². The van der Waals surface area contributed by atoms with Gasteiger partial charge < -0.3 is 10.1 Å². The highest BCUT2D eigenvalue weighted by molar-refractivity contribution is 6.04. The van der Waals surface area contributed by atoms with Gasteiger partial charge in [-0.1, -0.05) is 36.4 Å². The molecule has 6 nitrogen and oxygen atoms in total. The molecule has 0 bridgehead atoms. The average molecular weight is 375 g/mol. The Hall–Kier alpha value is -3.15. The van der Waals surface area contributed by atoms with Gasteiger partial charge in [0.05, 0.1) is 11.4 Å². The van der Waals surface area contributed by atoms with Crippen LogP contribution < -0.4 is 15.6 Å². The van der Waals surface area contributed by atoms with Gasteiger partial charge >= 0.3 is 0 Å². The molecular weight excluding hydrogens is 354 g/mol. The summed E-state index contributed by atoms with van der Waals surface area (Å²) in [7, 11) is 0. The van der Waals surface area contributed by atoms with E-state index in [1.165, 1.54) is 0 Å². The zero-order valence-corrected chi connectivity index (χ0v) is 15.4. The summed E-state index contributed by atoms with van der Waals surface area (Å²) < 4.78 is 6.37. The first-order chi connectivity index (χ1) is 13.7. The second kappa shape index (κ2) is 6.48. The maximum Gasteiger partial charge on any atom is 0.272 e. The molecule has 2 aliphatic rings. The minimum absolute atomic E-state index is 0.150. The first kappa shape index (κ1) is 17.0. The summed E-state index contributed by atoms with van der Waals surface area (Å²) in [5.74, 6) is 0.558. The van der Waals surface area contributed by atoms with Crippen LogP contribution in [0.1, 0.15) is 54.2 Å². The molecule has 1 fully saturated rings. The van der Waals surface area contributed by atoms with Gasteiger partial charge in [-0.05, 0) is 37.8 Å². The van der Waals surface area contributed by atoms with Gasteiger partial charge in [0.2, 0.25) is 0 Å². The minimum Gasteiger partial charge on any atom is -0.487 e. The van der Waals surface area contributed by atoms with E-state index in [0.717, 1.165) is 43.4 Å². The zero-order chi connectivity index (χ0) is 19.1. The number of aromatic amines is 1. The van der Waals surface area contributed by atoms with Crippen molar-refractivity contribution in [1.82, 2.24) is 15.5 Å². The summed E-state index contributed by atoms with van der Waals surface area (Å²) >= 11 is 0. The standard InChI is InChI=1S/C22H21N3O3/c26-20-15-8-2-1-7-14(15)19(24-25-20)21(27)23-17-13-22(11-5-6-12-22)28-18-10-4-3-9-16(17)18/h1-4,7-10,17H,5-6,11-13H2,(H,23,27)(H,25,26). The van der Waals surface area contributed by atoms with Crippen LogP contribution in [0.15, 0.2) is 53.3 Å². The van der Waals surface area contributed by atoms with Gasteiger partial charge in [-0.15, -0.1) is 0 Å². The molecule has 6 heteroatoms. The Labute approximate surface area is 161 Å². The number of carbonyl (C=O) groups is 1. The summed E-state index contributed by atoms with van der Waals surface area (Å²) in [5.41, 5.74) is 0.725. The van der Waals surface area contributed by atoms with Crippen LogP contribution in [0, 0.1) is 0 Å². The number of ether oxygens (including phenoxy) is 1. The van der Waals surface area contributed by atoms with Gasteiger partial charge in [-0.25, -0.2) is 5.10 Å². The van der Waals surface area contributed by atoms with Gasteiger partial charge in [-0.3, -0.25) is 9.59 Å². The summed E-state index contributed by atoms with van der Waals surface area (Å²) in [6.07, 6.45) is 5.06. The van der Waals surface area contributed by atoms with Crippen LogP contribution in [-0.4, -0.2) is 21.7 Å². The number of para-hydroxylation sites is 1. The van der Waals surface area contributed by atoms with Crippen molar-refractivity contribution in [2.45, 2.75) is 43.7 Å². The molecule has 1 atom stereocenters. The molecule has 2 heterocycles. The van der Waals surface area contributed by atoms with Crippen LogP contribution in [-0.2, 0) is 0 Å². The molecule has 0 radical (unpaired) electrons. The lowest BCUT2D eigenvalue weighted by Crippen LogP contribution is -2.43. The molecule has 1 spiro atoms. The van der Waals surface area contributed by atoms with Gasteiger partial charge in [0, 0.05) is 17.4 Å². The van der Waals surface area contributed by atoms with Crippen LogP contribution in [0.5, 0.6) is 5.75 Å². The van der Waals surface area contributed by atoms with Crippen molar-refractivity contribution in [3.63, 3.8) is 0 Å². The quantitative estimate of drug-likeness (QED) is 0.718. The molecule has 28 heavy (non-hydrogen) atoms.